The lowest BCUT2D eigenvalue weighted by molar-refractivity contribution is -0.693. The zero-order valence-corrected chi connectivity index (χ0v) is 17.7. The topological polar surface area (TPSA) is 72.9 Å². The molecule has 2 saturated heterocycles. The van der Waals surface area contributed by atoms with Crippen LogP contribution < -0.4 is 10.6 Å². The number of quaternary nitrogens is 1. The van der Waals surface area contributed by atoms with Crippen molar-refractivity contribution in [2.45, 2.75) is 63.3 Å². The van der Waals surface area contributed by atoms with E-state index in [1.807, 2.05) is 12.3 Å². The zero-order chi connectivity index (χ0) is 20.3. The summed E-state index contributed by atoms with van der Waals surface area (Å²) in [4.78, 5) is 9.09. The van der Waals surface area contributed by atoms with Gasteiger partial charge in [-0.25, -0.2) is 9.97 Å². The molecule has 2 fully saturated rings. The molecule has 0 bridgehead atoms. The molecule has 6 heteroatoms. The summed E-state index contributed by atoms with van der Waals surface area (Å²) in [6.07, 6.45) is 4.29. The van der Waals surface area contributed by atoms with Crippen LogP contribution in [0.1, 0.15) is 38.4 Å². The maximum absolute atomic E-state index is 6.11. The summed E-state index contributed by atoms with van der Waals surface area (Å²) in [7, 11) is 0. The lowest BCUT2D eigenvalue weighted by Gasteiger charge is -2.20. The maximum Gasteiger partial charge on any atom is 0.223 e. The number of hydrogen-bond acceptors (Lipinski definition) is 5. The standard InChI is InChI=1S/C23H32N4O2/c1-23(2,3)19-11-13-25-22(27-19)26-18-15-29-20-17(14-28-21(18)20)24-12-7-10-16-8-5-4-6-9-16/h4-6,8-9,11,13,17-18,20-21,24H,7,10,12,14-15H2,1-3H3,(H,25,26,27)/p+1/t17-,18-,20+,21+/m0/s1. The van der Waals surface area contributed by atoms with E-state index in [-0.39, 0.29) is 23.7 Å². The summed E-state index contributed by atoms with van der Waals surface area (Å²) < 4.78 is 12.2. The van der Waals surface area contributed by atoms with Crippen molar-refractivity contribution in [1.29, 1.82) is 0 Å². The quantitative estimate of drug-likeness (QED) is 0.699. The highest BCUT2D eigenvalue weighted by molar-refractivity contribution is 5.30. The van der Waals surface area contributed by atoms with Crippen molar-refractivity contribution in [3.63, 3.8) is 0 Å². The minimum Gasteiger partial charge on any atom is -0.367 e. The van der Waals surface area contributed by atoms with E-state index in [1.54, 1.807) is 0 Å². The molecule has 0 saturated carbocycles. The predicted molar refractivity (Wildman–Crippen MR) is 113 cm³/mol. The molecule has 3 heterocycles. The van der Waals surface area contributed by atoms with Gasteiger partial charge in [0.05, 0.1) is 24.9 Å². The fourth-order valence-corrected chi connectivity index (χ4v) is 4.15. The predicted octanol–water partition coefficient (Wildman–Crippen LogP) is 1.92. The highest BCUT2D eigenvalue weighted by atomic mass is 16.6. The molecule has 2 aliphatic heterocycles. The molecule has 29 heavy (non-hydrogen) atoms. The molecular formula is C23H33N4O2+. The van der Waals surface area contributed by atoms with Gasteiger partial charge in [0.25, 0.3) is 0 Å². The van der Waals surface area contributed by atoms with E-state index in [2.05, 4.69) is 71.7 Å². The summed E-state index contributed by atoms with van der Waals surface area (Å²) >= 11 is 0. The maximum atomic E-state index is 6.11. The Bertz CT molecular complexity index is 793. The molecule has 1 aromatic carbocycles. The number of nitrogens with one attached hydrogen (secondary N) is 1. The van der Waals surface area contributed by atoms with Gasteiger partial charge in [0.15, 0.2) is 0 Å². The summed E-state index contributed by atoms with van der Waals surface area (Å²) in [5, 5.41) is 5.84. The molecule has 6 nitrogen and oxygen atoms in total. The van der Waals surface area contributed by atoms with Gasteiger partial charge in [0.1, 0.15) is 24.9 Å². The van der Waals surface area contributed by atoms with Gasteiger partial charge < -0.3 is 20.1 Å². The molecule has 2 aliphatic rings. The smallest absolute Gasteiger partial charge is 0.223 e. The largest absolute Gasteiger partial charge is 0.367 e. The van der Waals surface area contributed by atoms with E-state index < -0.39 is 0 Å². The van der Waals surface area contributed by atoms with Gasteiger partial charge >= 0.3 is 0 Å². The molecule has 4 atom stereocenters. The first-order valence-corrected chi connectivity index (χ1v) is 10.7. The average Bonchev–Trinajstić information content (AvgIpc) is 3.29. The fourth-order valence-electron chi connectivity index (χ4n) is 4.15. The van der Waals surface area contributed by atoms with E-state index in [9.17, 15) is 0 Å². The van der Waals surface area contributed by atoms with Crippen LogP contribution in [0, 0.1) is 0 Å². The Hall–Kier alpha value is -2.02. The summed E-state index contributed by atoms with van der Waals surface area (Å²) in [6, 6.07) is 13.1. The highest BCUT2D eigenvalue weighted by Gasteiger charge is 2.49. The van der Waals surface area contributed by atoms with Crippen LogP contribution in [0.3, 0.4) is 0 Å². The van der Waals surface area contributed by atoms with E-state index in [0.717, 1.165) is 31.7 Å². The van der Waals surface area contributed by atoms with Crippen LogP contribution >= 0.6 is 0 Å². The summed E-state index contributed by atoms with van der Waals surface area (Å²) in [5.41, 5.74) is 2.43. The van der Waals surface area contributed by atoms with Crippen LogP contribution in [0.5, 0.6) is 0 Å². The van der Waals surface area contributed by atoms with Crippen molar-refractivity contribution >= 4 is 5.95 Å². The summed E-state index contributed by atoms with van der Waals surface area (Å²) in [5.74, 6) is 0.658. The SMILES string of the molecule is CC(C)(C)c1ccnc(N[C@H]2CO[C@H]3[C@@H]2OC[C@@H]3[NH2+]CCCc2ccccc2)n1. The van der Waals surface area contributed by atoms with Crippen LogP contribution in [0.2, 0.25) is 0 Å². The van der Waals surface area contributed by atoms with Gasteiger partial charge in [0.2, 0.25) is 5.95 Å². The first kappa shape index (κ1) is 20.3. The number of anilines is 1. The van der Waals surface area contributed by atoms with Gasteiger partial charge in [-0.1, -0.05) is 51.1 Å². The first-order valence-electron chi connectivity index (χ1n) is 10.7. The van der Waals surface area contributed by atoms with Crippen LogP contribution in [0.4, 0.5) is 5.95 Å². The van der Waals surface area contributed by atoms with Gasteiger partial charge in [0, 0.05) is 18.0 Å². The van der Waals surface area contributed by atoms with E-state index in [1.165, 1.54) is 5.56 Å². The van der Waals surface area contributed by atoms with Gasteiger partial charge in [-0.2, -0.15) is 0 Å². The molecular weight excluding hydrogens is 364 g/mol. The lowest BCUT2D eigenvalue weighted by atomic mass is 9.92. The highest BCUT2D eigenvalue weighted by Crippen LogP contribution is 2.28. The van der Waals surface area contributed by atoms with Crippen LogP contribution in [0.15, 0.2) is 42.6 Å². The Morgan fingerprint density at radius 3 is 2.66 bits per heavy atom. The molecule has 2 aromatic rings. The third-order valence-electron chi connectivity index (χ3n) is 5.81. The Morgan fingerprint density at radius 1 is 1.07 bits per heavy atom. The van der Waals surface area contributed by atoms with Gasteiger partial charge in [-0.15, -0.1) is 0 Å². The molecule has 1 aromatic heterocycles. The van der Waals surface area contributed by atoms with Gasteiger partial charge in [-0.3, -0.25) is 0 Å². The van der Waals surface area contributed by atoms with E-state index >= 15 is 0 Å². The van der Waals surface area contributed by atoms with Crippen molar-refractivity contribution in [3.05, 3.63) is 53.9 Å². The molecule has 0 amide bonds. The first-order chi connectivity index (χ1) is 14.0. The minimum atomic E-state index is -0.00224. The minimum absolute atomic E-state index is 0.00224. The van der Waals surface area contributed by atoms with Crippen molar-refractivity contribution < 1.29 is 14.8 Å². The molecule has 156 valence electrons. The Kier molecular flexibility index (Phi) is 6.13. The molecule has 0 spiro atoms. The second kappa shape index (κ2) is 8.78. The molecule has 4 rings (SSSR count). The monoisotopic (exact) mass is 397 g/mol. The number of fused-ring (bicyclic) bond motifs is 1. The summed E-state index contributed by atoms with van der Waals surface area (Å²) in [6.45, 7) is 8.93. The van der Waals surface area contributed by atoms with Crippen molar-refractivity contribution in [3.8, 4) is 0 Å². The zero-order valence-electron chi connectivity index (χ0n) is 17.7. The number of nitrogens with two attached hydrogens (primary N) is 1. The third-order valence-corrected chi connectivity index (χ3v) is 5.81. The van der Waals surface area contributed by atoms with Crippen molar-refractivity contribution in [2.75, 3.05) is 25.1 Å². The number of ether oxygens (including phenoxy) is 2. The Morgan fingerprint density at radius 2 is 1.86 bits per heavy atom. The number of rotatable bonds is 7. The average molecular weight is 398 g/mol. The van der Waals surface area contributed by atoms with Crippen LogP contribution in [-0.4, -0.2) is 54.0 Å². The third kappa shape index (κ3) is 4.94. The number of benzene rings is 1. The van der Waals surface area contributed by atoms with Crippen molar-refractivity contribution in [1.82, 2.24) is 9.97 Å². The number of aryl methyl sites for hydroxylation is 1. The Balaban J connectivity index is 1.27. The van der Waals surface area contributed by atoms with Crippen molar-refractivity contribution in [2.24, 2.45) is 0 Å². The number of nitrogens with zero attached hydrogens (tertiary/aromatic N) is 2. The molecule has 0 unspecified atom stereocenters. The molecule has 0 radical (unpaired) electrons. The normalized spacial score (nSPS) is 26.4. The lowest BCUT2D eigenvalue weighted by Crippen LogP contribution is -2.92. The number of hydrogen-bond donors (Lipinski definition) is 2. The van der Waals surface area contributed by atoms with Gasteiger partial charge in [-0.05, 0) is 18.1 Å². The second-order valence-corrected chi connectivity index (χ2v) is 9.14. The molecule has 0 aliphatic carbocycles. The van der Waals surface area contributed by atoms with Crippen LogP contribution in [-0.2, 0) is 21.3 Å². The fraction of sp³-hybridized carbons (Fsp3) is 0.565. The second-order valence-electron chi connectivity index (χ2n) is 9.14. The Labute approximate surface area is 173 Å². The number of aromatic nitrogens is 2. The van der Waals surface area contributed by atoms with E-state index in [0.29, 0.717) is 18.6 Å². The van der Waals surface area contributed by atoms with Crippen LogP contribution in [0.25, 0.3) is 0 Å². The molecule has 3 N–H and O–H groups in total. The van der Waals surface area contributed by atoms with E-state index in [4.69, 9.17) is 9.47 Å².